The molecule has 0 aromatic rings. The zero-order valence-corrected chi connectivity index (χ0v) is 9.21. The summed E-state index contributed by atoms with van der Waals surface area (Å²) in [4.78, 5) is 2.82. The second-order valence-corrected chi connectivity index (χ2v) is 5.57. The summed E-state index contributed by atoms with van der Waals surface area (Å²) in [5.74, 6) is 1.96. The van der Waals surface area contributed by atoms with Crippen molar-refractivity contribution < 1.29 is 0 Å². The van der Waals surface area contributed by atoms with Crippen LogP contribution in [-0.4, -0.2) is 36.6 Å². The Kier molecular flexibility index (Phi) is 2.29. The Morgan fingerprint density at radius 2 is 2.14 bits per heavy atom. The predicted octanol–water partition coefficient (Wildman–Crippen LogP) is 1.47. The fourth-order valence-corrected chi connectivity index (χ4v) is 3.79. The second kappa shape index (κ2) is 3.49. The van der Waals surface area contributed by atoms with E-state index in [0.717, 1.165) is 23.9 Å². The number of nitrogens with zero attached hydrogens (tertiary/aromatic N) is 1. The zero-order chi connectivity index (χ0) is 9.54. The molecule has 1 aliphatic carbocycles. The molecule has 0 amide bonds. The molecule has 0 spiro atoms. The minimum atomic E-state index is 0.846. The van der Waals surface area contributed by atoms with Crippen molar-refractivity contribution in [3.63, 3.8) is 0 Å². The van der Waals surface area contributed by atoms with Crippen LogP contribution in [0.3, 0.4) is 0 Å². The highest BCUT2D eigenvalue weighted by atomic mass is 15.2. The molecular weight excluding hydrogens is 172 g/mol. The molecule has 1 N–H and O–H groups in total. The van der Waals surface area contributed by atoms with Gasteiger partial charge in [-0.15, -0.1) is 0 Å². The number of nitrogens with one attached hydrogen (secondary N) is 1. The summed E-state index contributed by atoms with van der Waals surface area (Å²) in [6.45, 7) is 6.32. The van der Waals surface area contributed by atoms with E-state index in [1.807, 2.05) is 0 Å². The van der Waals surface area contributed by atoms with E-state index in [4.69, 9.17) is 0 Å². The van der Waals surface area contributed by atoms with Crippen LogP contribution in [0, 0.1) is 11.8 Å². The molecule has 3 fully saturated rings. The molecule has 2 heterocycles. The fourth-order valence-electron chi connectivity index (χ4n) is 3.79. The van der Waals surface area contributed by atoms with Crippen molar-refractivity contribution >= 4 is 0 Å². The van der Waals surface area contributed by atoms with Gasteiger partial charge in [-0.2, -0.15) is 0 Å². The number of piperidine rings is 2. The van der Waals surface area contributed by atoms with Gasteiger partial charge in [0.15, 0.2) is 0 Å². The Hall–Kier alpha value is -0.0800. The van der Waals surface area contributed by atoms with Crippen molar-refractivity contribution in [2.45, 2.75) is 44.7 Å². The molecule has 14 heavy (non-hydrogen) atoms. The van der Waals surface area contributed by atoms with E-state index in [1.165, 1.54) is 45.3 Å². The molecule has 2 nitrogen and oxygen atoms in total. The van der Waals surface area contributed by atoms with Crippen molar-refractivity contribution in [3.8, 4) is 0 Å². The third kappa shape index (κ3) is 1.40. The van der Waals surface area contributed by atoms with Crippen molar-refractivity contribution in [2.75, 3.05) is 19.6 Å². The normalized spacial score (nSPS) is 48.6. The summed E-state index contributed by atoms with van der Waals surface area (Å²) in [5.41, 5.74) is 0. The molecule has 2 saturated heterocycles. The third-order valence-corrected chi connectivity index (χ3v) is 4.66. The van der Waals surface area contributed by atoms with E-state index in [2.05, 4.69) is 17.1 Å². The lowest BCUT2D eigenvalue weighted by Gasteiger charge is -2.41. The van der Waals surface area contributed by atoms with E-state index < -0.39 is 0 Å². The highest BCUT2D eigenvalue weighted by Gasteiger charge is 2.42. The highest BCUT2D eigenvalue weighted by molar-refractivity contribution is 4.97. The number of rotatable bonds is 1. The van der Waals surface area contributed by atoms with Crippen molar-refractivity contribution in [3.05, 3.63) is 0 Å². The summed E-state index contributed by atoms with van der Waals surface area (Å²) >= 11 is 0. The standard InChI is InChI=1S/C12H22N2/c1-9-4-5-13-7-12(9)14-8-10-2-3-11(14)6-10/h9-13H,2-8H2,1H3. The first-order valence-corrected chi connectivity index (χ1v) is 6.31. The van der Waals surface area contributed by atoms with Gasteiger partial charge in [-0.3, -0.25) is 4.90 Å². The Morgan fingerprint density at radius 1 is 1.21 bits per heavy atom. The van der Waals surface area contributed by atoms with E-state index in [9.17, 15) is 0 Å². The zero-order valence-electron chi connectivity index (χ0n) is 9.21. The SMILES string of the molecule is CC1CCNCC1N1CC2CCC1C2. The Morgan fingerprint density at radius 3 is 2.79 bits per heavy atom. The molecule has 2 heteroatoms. The lowest BCUT2D eigenvalue weighted by atomic mass is 9.92. The number of likely N-dealkylation sites (tertiary alicyclic amines) is 1. The minimum Gasteiger partial charge on any atom is -0.315 e. The average Bonchev–Trinajstić information content (AvgIpc) is 2.79. The van der Waals surface area contributed by atoms with Crippen LogP contribution < -0.4 is 5.32 Å². The summed E-state index contributed by atoms with van der Waals surface area (Å²) in [5, 5.41) is 3.56. The monoisotopic (exact) mass is 194 g/mol. The molecule has 0 radical (unpaired) electrons. The first-order chi connectivity index (χ1) is 6.84. The predicted molar refractivity (Wildman–Crippen MR) is 58.3 cm³/mol. The Balaban J connectivity index is 1.69. The Bertz CT molecular complexity index is 216. The van der Waals surface area contributed by atoms with Gasteiger partial charge < -0.3 is 5.32 Å². The van der Waals surface area contributed by atoms with E-state index >= 15 is 0 Å². The van der Waals surface area contributed by atoms with Gasteiger partial charge in [0.25, 0.3) is 0 Å². The van der Waals surface area contributed by atoms with E-state index in [1.54, 1.807) is 0 Å². The highest BCUT2D eigenvalue weighted by Crippen LogP contribution is 2.40. The molecular formula is C12H22N2. The molecule has 0 aromatic heterocycles. The molecule has 0 aromatic carbocycles. The summed E-state index contributed by atoms with van der Waals surface area (Å²) in [6.07, 6.45) is 5.87. The maximum Gasteiger partial charge on any atom is 0.0249 e. The van der Waals surface area contributed by atoms with Gasteiger partial charge in [-0.25, -0.2) is 0 Å². The summed E-state index contributed by atoms with van der Waals surface area (Å²) < 4.78 is 0. The smallest absolute Gasteiger partial charge is 0.0249 e. The van der Waals surface area contributed by atoms with E-state index in [0.29, 0.717) is 0 Å². The maximum absolute atomic E-state index is 3.56. The first kappa shape index (κ1) is 9.17. The molecule has 4 unspecified atom stereocenters. The van der Waals surface area contributed by atoms with Crippen LogP contribution in [0.2, 0.25) is 0 Å². The molecule has 3 aliphatic rings. The topological polar surface area (TPSA) is 15.3 Å². The van der Waals surface area contributed by atoms with Gasteiger partial charge in [0.2, 0.25) is 0 Å². The Labute approximate surface area is 87.0 Å². The molecule has 3 rings (SSSR count). The first-order valence-electron chi connectivity index (χ1n) is 6.31. The van der Waals surface area contributed by atoms with Crippen LogP contribution >= 0.6 is 0 Å². The summed E-state index contributed by atoms with van der Waals surface area (Å²) in [7, 11) is 0. The molecule has 4 atom stereocenters. The average molecular weight is 194 g/mol. The minimum absolute atomic E-state index is 0.846. The summed E-state index contributed by atoms with van der Waals surface area (Å²) in [6, 6.07) is 1.80. The number of fused-ring (bicyclic) bond motifs is 2. The van der Waals surface area contributed by atoms with Gasteiger partial charge in [-0.1, -0.05) is 6.92 Å². The largest absolute Gasteiger partial charge is 0.315 e. The third-order valence-electron chi connectivity index (χ3n) is 4.66. The molecule has 1 saturated carbocycles. The maximum atomic E-state index is 3.56. The van der Waals surface area contributed by atoms with Gasteiger partial charge >= 0.3 is 0 Å². The van der Waals surface area contributed by atoms with Crippen LogP contribution in [0.5, 0.6) is 0 Å². The number of hydrogen-bond donors (Lipinski definition) is 1. The van der Waals surface area contributed by atoms with Crippen molar-refractivity contribution in [2.24, 2.45) is 11.8 Å². The van der Waals surface area contributed by atoms with Crippen LogP contribution in [0.15, 0.2) is 0 Å². The lowest BCUT2D eigenvalue weighted by molar-refractivity contribution is 0.0907. The van der Waals surface area contributed by atoms with Crippen LogP contribution in [0.25, 0.3) is 0 Å². The fraction of sp³-hybridized carbons (Fsp3) is 1.00. The van der Waals surface area contributed by atoms with Crippen molar-refractivity contribution in [1.29, 1.82) is 0 Å². The van der Waals surface area contributed by atoms with Gasteiger partial charge in [0.1, 0.15) is 0 Å². The van der Waals surface area contributed by atoms with Gasteiger partial charge in [0.05, 0.1) is 0 Å². The molecule has 80 valence electrons. The second-order valence-electron chi connectivity index (χ2n) is 5.57. The quantitative estimate of drug-likeness (QED) is 0.680. The van der Waals surface area contributed by atoms with Gasteiger partial charge in [0, 0.05) is 25.2 Å². The molecule has 2 bridgehead atoms. The number of hydrogen-bond acceptors (Lipinski definition) is 2. The lowest BCUT2D eigenvalue weighted by Crippen LogP contribution is -2.52. The van der Waals surface area contributed by atoms with E-state index in [-0.39, 0.29) is 0 Å². The van der Waals surface area contributed by atoms with Gasteiger partial charge in [-0.05, 0) is 44.1 Å². The van der Waals surface area contributed by atoms with Crippen LogP contribution in [0.1, 0.15) is 32.6 Å². The van der Waals surface area contributed by atoms with Crippen LogP contribution in [-0.2, 0) is 0 Å². The molecule has 2 aliphatic heterocycles. The van der Waals surface area contributed by atoms with Crippen molar-refractivity contribution in [1.82, 2.24) is 10.2 Å². The van der Waals surface area contributed by atoms with Crippen LogP contribution in [0.4, 0.5) is 0 Å².